The first-order chi connectivity index (χ1) is 13.1. The molecule has 1 fully saturated rings. The molecule has 0 radical (unpaired) electrons. The van der Waals surface area contributed by atoms with Gasteiger partial charge in [-0.2, -0.15) is 5.10 Å². The fraction of sp³-hybridized carbons (Fsp3) is 0.450. The van der Waals surface area contributed by atoms with Crippen molar-refractivity contribution in [1.29, 1.82) is 0 Å². The SMILES string of the molecule is Cn1nccc1C(=O)N1CCOc2ccc(CCC(=O)NC3CC3)cc2C1. The number of benzene rings is 1. The van der Waals surface area contributed by atoms with Crippen LogP contribution < -0.4 is 10.1 Å². The summed E-state index contributed by atoms with van der Waals surface area (Å²) in [6.45, 7) is 1.47. The zero-order valence-electron chi connectivity index (χ0n) is 15.5. The molecule has 2 amide bonds. The number of aryl methyl sites for hydroxylation is 2. The Morgan fingerprint density at radius 2 is 2.15 bits per heavy atom. The lowest BCUT2D eigenvalue weighted by atomic mass is 10.0. The molecule has 4 rings (SSSR count). The second-order valence-electron chi connectivity index (χ2n) is 7.20. The largest absolute Gasteiger partial charge is 0.491 e. The van der Waals surface area contributed by atoms with Crippen molar-refractivity contribution in [2.45, 2.75) is 38.3 Å². The topological polar surface area (TPSA) is 76.5 Å². The summed E-state index contributed by atoms with van der Waals surface area (Å²) >= 11 is 0. The van der Waals surface area contributed by atoms with E-state index in [9.17, 15) is 9.59 Å². The van der Waals surface area contributed by atoms with E-state index in [1.165, 1.54) is 0 Å². The number of fused-ring (bicyclic) bond motifs is 1. The van der Waals surface area contributed by atoms with Gasteiger partial charge in [0, 0.05) is 37.8 Å². The maximum atomic E-state index is 12.8. The fourth-order valence-corrected chi connectivity index (χ4v) is 3.31. The summed E-state index contributed by atoms with van der Waals surface area (Å²) in [5.41, 5.74) is 2.62. The van der Waals surface area contributed by atoms with Crippen LogP contribution in [-0.4, -0.2) is 45.7 Å². The first-order valence-electron chi connectivity index (χ1n) is 9.41. The van der Waals surface area contributed by atoms with Crippen LogP contribution in [0.15, 0.2) is 30.5 Å². The van der Waals surface area contributed by atoms with Crippen LogP contribution in [0.1, 0.15) is 40.9 Å². The van der Waals surface area contributed by atoms with Crippen molar-refractivity contribution in [3.63, 3.8) is 0 Å². The van der Waals surface area contributed by atoms with Crippen LogP contribution >= 0.6 is 0 Å². The standard InChI is InChI=1S/C20H24N4O3/c1-23-17(8-9-21-23)20(26)24-10-11-27-18-6-2-14(12-15(18)13-24)3-7-19(25)22-16-4-5-16/h2,6,8-9,12,16H,3-5,7,10-11,13H2,1H3,(H,22,25). The summed E-state index contributed by atoms with van der Waals surface area (Å²) in [6.07, 6.45) is 4.99. The highest BCUT2D eigenvalue weighted by molar-refractivity contribution is 5.92. The average molecular weight is 368 g/mol. The Balaban J connectivity index is 1.45. The molecule has 1 saturated carbocycles. The number of carbonyl (C=O) groups is 2. The van der Waals surface area contributed by atoms with Crippen molar-refractivity contribution < 1.29 is 14.3 Å². The molecule has 1 aliphatic heterocycles. The Labute approximate surface area is 158 Å². The molecule has 1 N–H and O–H groups in total. The minimum Gasteiger partial charge on any atom is -0.491 e. The number of ether oxygens (including phenoxy) is 1. The van der Waals surface area contributed by atoms with E-state index in [0.29, 0.717) is 44.3 Å². The highest BCUT2D eigenvalue weighted by Crippen LogP contribution is 2.26. The lowest BCUT2D eigenvalue weighted by molar-refractivity contribution is -0.121. The van der Waals surface area contributed by atoms with Gasteiger partial charge in [0.05, 0.1) is 6.54 Å². The maximum absolute atomic E-state index is 12.8. The highest BCUT2D eigenvalue weighted by atomic mass is 16.5. The van der Waals surface area contributed by atoms with Gasteiger partial charge in [-0.05, 0) is 37.0 Å². The van der Waals surface area contributed by atoms with E-state index in [4.69, 9.17) is 4.74 Å². The minimum absolute atomic E-state index is 0.0549. The molecule has 2 heterocycles. The number of nitrogens with zero attached hydrogens (tertiary/aromatic N) is 3. The Morgan fingerprint density at radius 1 is 1.30 bits per heavy atom. The van der Waals surface area contributed by atoms with Crippen LogP contribution in [0.3, 0.4) is 0 Å². The summed E-state index contributed by atoms with van der Waals surface area (Å²) < 4.78 is 7.41. The van der Waals surface area contributed by atoms with Crippen LogP contribution in [0.25, 0.3) is 0 Å². The van der Waals surface area contributed by atoms with E-state index >= 15 is 0 Å². The summed E-state index contributed by atoms with van der Waals surface area (Å²) in [7, 11) is 1.76. The predicted octanol–water partition coefficient (Wildman–Crippen LogP) is 1.67. The van der Waals surface area contributed by atoms with Gasteiger partial charge in [-0.25, -0.2) is 0 Å². The van der Waals surface area contributed by atoms with Gasteiger partial charge in [0.15, 0.2) is 0 Å². The van der Waals surface area contributed by atoms with Gasteiger partial charge in [-0.15, -0.1) is 0 Å². The third-order valence-electron chi connectivity index (χ3n) is 5.02. The van der Waals surface area contributed by atoms with Gasteiger partial charge < -0.3 is 15.0 Å². The molecule has 1 aliphatic carbocycles. The third kappa shape index (κ3) is 4.13. The molecule has 7 heteroatoms. The van der Waals surface area contributed by atoms with Crippen LogP contribution in [0.5, 0.6) is 5.75 Å². The van der Waals surface area contributed by atoms with Crippen LogP contribution in [0, 0.1) is 0 Å². The molecule has 0 bridgehead atoms. The minimum atomic E-state index is -0.0549. The van der Waals surface area contributed by atoms with Crippen molar-refractivity contribution in [1.82, 2.24) is 20.0 Å². The monoisotopic (exact) mass is 368 g/mol. The zero-order valence-corrected chi connectivity index (χ0v) is 15.5. The van der Waals surface area contributed by atoms with Crippen molar-refractivity contribution in [3.8, 4) is 5.75 Å². The summed E-state index contributed by atoms with van der Waals surface area (Å²) in [5.74, 6) is 0.860. The molecule has 7 nitrogen and oxygen atoms in total. The molecule has 2 aromatic rings. The molecule has 2 aliphatic rings. The van der Waals surface area contributed by atoms with E-state index in [1.807, 2.05) is 12.1 Å². The number of rotatable bonds is 5. The first-order valence-corrected chi connectivity index (χ1v) is 9.41. The molecule has 0 unspecified atom stereocenters. The quantitative estimate of drug-likeness (QED) is 0.871. The molecule has 142 valence electrons. The normalized spacial score (nSPS) is 16.3. The zero-order chi connectivity index (χ0) is 18.8. The van der Waals surface area contributed by atoms with Crippen LogP contribution in [0.4, 0.5) is 0 Å². The van der Waals surface area contributed by atoms with E-state index in [0.717, 1.165) is 29.7 Å². The fourth-order valence-electron chi connectivity index (χ4n) is 3.31. The Morgan fingerprint density at radius 3 is 2.89 bits per heavy atom. The van der Waals surface area contributed by atoms with Gasteiger partial charge >= 0.3 is 0 Å². The van der Waals surface area contributed by atoms with Crippen LogP contribution in [0.2, 0.25) is 0 Å². The number of aromatic nitrogens is 2. The number of amides is 2. The molecule has 0 atom stereocenters. The second kappa shape index (κ2) is 7.42. The van der Waals surface area contributed by atoms with Gasteiger partial charge in [-0.1, -0.05) is 12.1 Å². The smallest absolute Gasteiger partial charge is 0.272 e. The van der Waals surface area contributed by atoms with Gasteiger partial charge in [0.1, 0.15) is 18.1 Å². The molecule has 0 saturated heterocycles. The molecule has 1 aromatic carbocycles. The molecule has 0 spiro atoms. The van der Waals surface area contributed by atoms with Crippen molar-refractivity contribution in [2.24, 2.45) is 7.05 Å². The van der Waals surface area contributed by atoms with Gasteiger partial charge in [0.25, 0.3) is 5.91 Å². The number of nitrogens with one attached hydrogen (secondary N) is 1. The molecule has 1 aromatic heterocycles. The average Bonchev–Trinajstić information content (AvgIpc) is 3.41. The number of hydrogen-bond donors (Lipinski definition) is 1. The Hall–Kier alpha value is -2.83. The number of carbonyl (C=O) groups excluding carboxylic acids is 2. The first kappa shape index (κ1) is 17.6. The van der Waals surface area contributed by atoms with E-state index in [2.05, 4.69) is 16.5 Å². The third-order valence-corrected chi connectivity index (χ3v) is 5.02. The van der Waals surface area contributed by atoms with Crippen molar-refractivity contribution >= 4 is 11.8 Å². The van der Waals surface area contributed by atoms with Crippen molar-refractivity contribution in [3.05, 3.63) is 47.3 Å². The van der Waals surface area contributed by atoms with E-state index in [-0.39, 0.29) is 11.8 Å². The maximum Gasteiger partial charge on any atom is 0.272 e. The predicted molar refractivity (Wildman–Crippen MR) is 99.4 cm³/mol. The lowest BCUT2D eigenvalue weighted by Gasteiger charge is -2.20. The van der Waals surface area contributed by atoms with Crippen molar-refractivity contribution in [2.75, 3.05) is 13.2 Å². The highest BCUT2D eigenvalue weighted by Gasteiger charge is 2.24. The summed E-state index contributed by atoms with van der Waals surface area (Å²) in [5, 5.41) is 7.09. The van der Waals surface area contributed by atoms with E-state index in [1.54, 1.807) is 28.9 Å². The van der Waals surface area contributed by atoms with Crippen LogP contribution in [-0.2, 0) is 24.8 Å². The Bertz CT molecular complexity index is 857. The van der Waals surface area contributed by atoms with Gasteiger partial charge in [0.2, 0.25) is 5.91 Å². The second-order valence-corrected chi connectivity index (χ2v) is 7.20. The summed E-state index contributed by atoms with van der Waals surface area (Å²) in [4.78, 5) is 26.5. The Kier molecular flexibility index (Phi) is 4.83. The van der Waals surface area contributed by atoms with E-state index < -0.39 is 0 Å². The lowest BCUT2D eigenvalue weighted by Crippen LogP contribution is -2.33. The molecular formula is C20H24N4O3. The van der Waals surface area contributed by atoms with Gasteiger partial charge in [-0.3, -0.25) is 14.3 Å². The number of hydrogen-bond acceptors (Lipinski definition) is 4. The summed E-state index contributed by atoms with van der Waals surface area (Å²) in [6, 6.07) is 8.12. The molecular weight excluding hydrogens is 344 g/mol. The molecule has 27 heavy (non-hydrogen) atoms.